The Kier molecular flexibility index (Phi) is 4.96. The molecule has 0 unspecified atom stereocenters. The van der Waals surface area contributed by atoms with Gasteiger partial charge in [0.2, 0.25) is 5.88 Å². The molecular formula is C21H18N4O3. The molecule has 0 saturated carbocycles. The van der Waals surface area contributed by atoms with Gasteiger partial charge in [-0.25, -0.2) is 0 Å². The highest BCUT2D eigenvalue weighted by Gasteiger charge is 2.17. The molecule has 0 aliphatic carbocycles. The summed E-state index contributed by atoms with van der Waals surface area (Å²) in [6, 6.07) is 10.8. The molecule has 7 heteroatoms. The van der Waals surface area contributed by atoms with Crippen molar-refractivity contribution in [3.05, 3.63) is 74.7 Å². The Hall–Kier alpha value is -3.92. The van der Waals surface area contributed by atoms with Crippen LogP contribution in [-0.2, 0) is 4.79 Å². The fourth-order valence-electron chi connectivity index (χ4n) is 2.74. The molecule has 0 fully saturated rings. The number of amides is 1. The lowest BCUT2D eigenvalue weighted by atomic mass is 10.1. The van der Waals surface area contributed by atoms with Crippen LogP contribution in [0.5, 0.6) is 11.6 Å². The molecule has 2 N–H and O–H groups in total. The van der Waals surface area contributed by atoms with E-state index in [-0.39, 0.29) is 17.0 Å². The third-order valence-corrected chi connectivity index (χ3v) is 4.49. The molecule has 0 spiro atoms. The van der Waals surface area contributed by atoms with Gasteiger partial charge in [-0.15, -0.1) is 0 Å². The Balaban J connectivity index is 2.33. The quantitative estimate of drug-likeness (QED) is 0.558. The molecule has 7 nitrogen and oxygen atoms in total. The summed E-state index contributed by atoms with van der Waals surface area (Å²) < 4.78 is 7.30. The highest BCUT2D eigenvalue weighted by Crippen LogP contribution is 2.28. The molecule has 0 aliphatic rings. The Morgan fingerprint density at radius 1 is 1.21 bits per heavy atom. The summed E-state index contributed by atoms with van der Waals surface area (Å²) in [5, 5.41) is 9.18. The number of carbonyl (C=O) groups is 1. The maximum atomic E-state index is 13.1. The minimum atomic E-state index is -0.936. The first-order valence-corrected chi connectivity index (χ1v) is 8.51. The van der Waals surface area contributed by atoms with Crippen molar-refractivity contribution < 1.29 is 9.53 Å². The van der Waals surface area contributed by atoms with E-state index in [4.69, 9.17) is 10.5 Å². The van der Waals surface area contributed by atoms with Crippen LogP contribution in [0.15, 0.2) is 46.9 Å². The summed E-state index contributed by atoms with van der Waals surface area (Å²) in [7, 11) is 0. The van der Waals surface area contributed by atoms with E-state index in [1.807, 2.05) is 39.0 Å². The second-order valence-corrected chi connectivity index (χ2v) is 6.35. The molecule has 1 aromatic carbocycles. The van der Waals surface area contributed by atoms with Crippen molar-refractivity contribution in [3.8, 4) is 17.7 Å². The largest absolute Gasteiger partial charge is 0.438 e. The van der Waals surface area contributed by atoms with Gasteiger partial charge in [-0.1, -0.05) is 18.2 Å². The monoisotopic (exact) mass is 374 g/mol. The molecule has 0 bridgehead atoms. The lowest BCUT2D eigenvalue weighted by Crippen LogP contribution is -2.20. The molecule has 140 valence electrons. The van der Waals surface area contributed by atoms with E-state index in [0.29, 0.717) is 11.4 Å². The molecule has 0 saturated heterocycles. The highest BCUT2D eigenvalue weighted by molar-refractivity contribution is 6.00. The lowest BCUT2D eigenvalue weighted by Gasteiger charge is -2.13. The smallest absolute Gasteiger partial charge is 0.269 e. The number of nitriles is 1. The van der Waals surface area contributed by atoms with Crippen LogP contribution in [0.25, 0.3) is 11.7 Å². The first-order valence-electron chi connectivity index (χ1n) is 8.51. The first-order chi connectivity index (χ1) is 13.3. The maximum Gasteiger partial charge on any atom is 0.269 e. The van der Waals surface area contributed by atoms with E-state index < -0.39 is 11.5 Å². The number of aromatic nitrogens is 2. The van der Waals surface area contributed by atoms with Crippen LogP contribution in [0.2, 0.25) is 0 Å². The van der Waals surface area contributed by atoms with Crippen LogP contribution >= 0.6 is 0 Å². The van der Waals surface area contributed by atoms with Crippen LogP contribution in [0.3, 0.4) is 0 Å². The van der Waals surface area contributed by atoms with Crippen molar-refractivity contribution in [1.29, 1.82) is 5.26 Å². The first kappa shape index (κ1) is 18.9. The van der Waals surface area contributed by atoms with Crippen LogP contribution in [0.1, 0.15) is 22.3 Å². The van der Waals surface area contributed by atoms with Gasteiger partial charge < -0.3 is 10.5 Å². The number of nitrogens with zero attached hydrogens (tertiary/aromatic N) is 3. The number of rotatable bonds is 4. The molecule has 0 radical (unpaired) electrons. The predicted octanol–water partition coefficient (Wildman–Crippen LogP) is 2.80. The van der Waals surface area contributed by atoms with E-state index in [0.717, 1.165) is 22.8 Å². The number of primary amides is 1. The zero-order valence-electron chi connectivity index (χ0n) is 15.7. The zero-order valence-corrected chi connectivity index (χ0v) is 15.7. The molecule has 2 aromatic heterocycles. The van der Waals surface area contributed by atoms with Crippen molar-refractivity contribution in [2.45, 2.75) is 20.8 Å². The summed E-state index contributed by atoms with van der Waals surface area (Å²) in [6.07, 6.45) is 2.68. The number of fused-ring (bicyclic) bond motifs is 1. The number of hydrogen-bond acceptors (Lipinski definition) is 5. The minimum absolute atomic E-state index is 0.00185. The summed E-state index contributed by atoms with van der Waals surface area (Å²) in [5.41, 5.74) is 7.46. The van der Waals surface area contributed by atoms with Gasteiger partial charge >= 0.3 is 0 Å². The van der Waals surface area contributed by atoms with Crippen LogP contribution < -0.4 is 16.0 Å². The van der Waals surface area contributed by atoms with Crippen LogP contribution in [0.4, 0.5) is 0 Å². The van der Waals surface area contributed by atoms with Gasteiger partial charge in [0.15, 0.2) is 0 Å². The second-order valence-electron chi connectivity index (χ2n) is 6.35. The van der Waals surface area contributed by atoms with Gasteiger partial charge in [0.05, 0.1) is 0 Å². The van der Waals surface area contributed by atoms with E-state index in [1.165, 1.54) is 4.40 Å². The molecule has 3 aromatic rings. The average molecular weight is 374 g/mol. The number of benzene rings is 1. The van der Waals surface area contributed by atoms with Crippen LogP contribution in [-0.4, -0.2) is 15.3 Å². The molecule has 0 atom stereocenters. The number of ether oxygens (including phenoxy) is 1. The Morgan fingerprint density at radius 2 is 1.93 bits per heavy atom. The number of nitrogens with two attached hydrogens (primary N) is 1. The van der Waals surface area contributed by atoms with E-state index in [2.05, 4.69) is 4.98 Å². The van der Waals surface area contributed by atoms with Gasteiger partial charge in [-0.2, -0.15) is 10.2 Å². The van der Waals surface area contributed by atoms with Crippen LogP contribution in [0, 0.1) is 32.1 Å². The van der Waals surface area contributed by atoms with Gasteiger partial charge in [0.25, 0.3) is 11.5 Å². The SMILES string of the molecule is Cc1cccc(Oc2nc3c(C)cccn3c(=O)c2C=C(C#N)C(N)=O)c1C. The third-order valence-electron chi connectivity index (χ3n) is 4.49. The molecule has 3 rings (SSSR count). The fourth-order valence-corrected chi connectivity index (χ4v) is 2.74. The number of pyridine rings is 1. The third kappa shape index (κ3) is 3.35. The van der Waals surface area contributed by atoms with Crippen molar-refractivity contribution >= 4 is 17.6 Å². The predicted molar refractivity (Wildman–Crippen MR) is 105 cm³/mol. The number of aryl methyl sites for hydroxylation is 2. The normalized spacial score (nSPS) is 11.3. The Morgan fingerprint density at radius 3 is 2.61 bits per heavy atom. The molecule has 28 heavy (non-hydrogen) atoms. The van der Waals surface area contributed by atoms with Crippen molar-refractivity contribution in [1.82, 2.24) is 9.38 Å². The van der Waals surface area contributed by atoms with Gasteiger partial charge in [0.1, 0.15) is 28.6 Å². The van der Waals surface area contributed by atoms with Gasteiger partial charge in [-0.05, 0) is 55.7 Å². The van der Waals surface area contributed by atoms with E-state index >= 15 is 0 Å². The average Bonchev–Trinajstić information content (AvgIpc) is 2.66. The van der Waals surface area contributed by atoms with E-state index in [9.17, 15) is 14.9 Å². The lowest BCUT2D eigenvalue weighted by molar-refractivity contribution is -0.114. The number of carbonyl (C=O) groups excluding carboxylic acids is 1. The van der Waals surface area contributed by atoms with E-state index in [1.54, 1.807) is 24.4 Å². The Bertz CT molecular complexity index is 1230. The van der Waals surface area contributed by atoms with Gasteiger partial charge in [0, 0.05) is 6.20 Å². The maximum absolute atomic E-state index is 13.1. The zero-order chi connectivity index (χ0) is 20.4. The molecule has 2 heterocycles. The molecule has 1 amide bonds. The second kappa shape index (κ2) is 7.37. The topological polar surface area (TPSA) is 110 Å². The molecule has 0 aliphatic heterocycles. The van der Waals surface area contributed by atoms with Crippen molar-refractivity contribution in [2.75, 3.05) is 0 Å². The number of hydrogen-bond donors (Lipinski definition) is 1. The molecular weight excluding hydrogens is 356 g/mol. The Labute approximate surface area is 161 Å². The summed E-state index contributed by atoms with van der Waals surface area (Å²) in [5.74, 6) is -0.409. The van der Waals surface area contributed by atoms with Crippen molar-refractivity contribution in [2.24, 2.45) is 5.73 Å². The summed E-state index contributed by atoms with van der Waals surface area (Å²) >= 11 is 0. The van der Waals surface area contributed by atoms with Gasteiger partial charge in [-0.3, -0.25) is 14.0 Å². The standard InChI is InChI=1S/C21H18N4O3/c1-12-6-4-8-17(14(12)3)28-20-16(10-15(11-22)18(23)26)21(27)25-9-5-7-13(2)19(25)24-20/h4-10H,1-3H3,(H2,23,26). The van der Waals surface area contributed by atoms with Crippen molar-refractivity contribution in [3.63, 3.8) is 0 Å². The summed E-state index contributed by atoms with van der Waals surface area (Å²) in [4.78, 5) is 29.0. The summed E-state index contributed by atoms with van der Waals surface area (Å²) in [6.45, 7) is 5.66. The fraction of sp³-hybridized carbons (Fsp3) is 0.143. The minimum Gasteiger partial charge on any atom is -0.438 e. The highest BCUT2D eigenvalue weighted by atomic mass is 16.5.